The van der Waals surface area contributed by atoms with E-state index in [9.17, 15) is 9.59 Å². The molecule has 21 heavy (non-hydrogen) atoms. The smallest absolute Gasteiger partial charge is 0.337 e. The molecule has 0 bridgehead atoms. The number of rotatable bonds is 1. The minimum absolute atomic E-state index is 0.231. The summed E-state index contributed by atoms with van der Waals surface area (Å²) in [6.07, 6.45) is 5.77. The van der Waals surface area contributed by atoms with Crippen molar-refractivity contribution in [3.05, 3.63) is 35.6 Å². The monoisotopic (exact) mass is 290 g/mol. The van der Waals surface area contributed by atoms with Crippen molar-refractivity contribution in [3.8, 4) is 0 Å². The van der Waals surface area contributed by atoms with Crippen LogP contribution in [0.2, 0.25) is 0 Å². The Morgan fingerprint density at radius 3 is 3.00 bits per heavy atom. The third kappa shape index (κ3) is 1.35. The lowest BCUT2D eigenvalue weighted by Crippen LogP contribution is -2.43. The van der Waals surface area contributed by atoms with Crippen LogP contribution in [-0.2, 0) is 28.5 Å². The summed E-state index contributed by atoms with van der Waals surface area (Å²) in [4.78, 5) is 23.8. The Labute approximate surface area is 121 Å². The molecule has 1 spiro atoms. The lowest BCUT2D eigenvalue weighted by atomic mass is 9.78. The van der Waals surface area contributed by atoms with Crippen molar-refractivity contribution in [2.24, 2.45) is 11.8 Å². The van der Waals surface area contributed by atoms with Crippen molar-refractivity contribution < 1.29 is 28.5 Å². The molecular formula is C15H14O6. The van der Waals surface area contributed by atoms with Gasteiger partial charge in [-0.3, -0.25) is 0 Å². The standard InChI is InChI=1S/C15H14O6/c1-3-7-11-15(21-13(7)17)5-4-8-9(12(16)18-2)6-19-14(20-11)10(8)15/h3-6,8,10-11,14H,1-2H3/b7-3+/t8-,10-,11+,14-,15?/m1/s1. The molecule has 2 fully saturated rings. The lowest BCUT2D eigenvalue weighted by molar-refractivity contribution is -0.152. The molecule has 0 radical (unpaired) electrons. The minimum atomic E-state index is -0.873. The van der Waals surface area contributed by atoms with Gasteiger partial charge in [0.05, 0.1) is 30.4 Å². The molecule has 6 heteroatoms. The van der Waals surface area contributed by atoms with E-state index in [1.165, 1.54) is 13.4 Å². The highest BCUT2D eigenvalue weighted by Crippen LogP contribution is 2.57. The Hall–Kier alpha value is -2.08. The average Bonchev–Trinajstić information content (AvgIpc) is 3.08. The fraction of sp³-hybridized carbons (Fsp3) is 0.467. The first-order valence-electron chi connectivity index (χ1n) is 6.80. The van der Waals surface area contributed by atoms with Crippen LogP contribution < -0.4 is 0 Å². The highest BCUT2D eigenvalue weighted by molar-refractivity contribution is 5.94. The van der Waals surface area contributed by atoms with Gasteiger partial charge in [-0.05, 0) is 13.0 Å². The molecule has 3 aliphatic heterocycles. The number of carbonyl (C=O) groups excluding carboxylic acids is 2. The largest absolute Gasteiger partial charge is 0.471 e. The summed E-state index contributed by atoms with van der Waals surface area (Å²) in [5, 5.41) is 0. The summed E-state index contributed by atoms with van der Waals surface area (Å²) in [7, 11) is 1.32. The quantitative estimate of drug-likeness (QED) is 0.405. The molecule has 2 saturated heterocycles. The van der Waals surface area contributed by atoms with Crippen LogP contribution in [0.4, 0.5) is 0 Å². The van der Waals surface area contributed by atoms with Crippen LogP contribution in [0.3, 0.4) is 0 Å². The molecule has 0 amide bonds. The molecule has 110 valence electrons. The Morgan fingerprint density at radius 1 is 1.48 bits per heavy atom. The molecule has 3 heterocycles. The van der Waals surface area contributed by atoms with Crippen molar-refractivity contribution in [1.29, 1.82) is 0 Å². The van der Waals surface area contributed by atoms with E-state index in [0.717, 1.165) is 0 Å². The van der Waals surface area contributed by atoms with Crippen molar-refractivity contribution in [2.75, 3.05) is 7.11 Å². The minimum Gasteiger partial charge on any atom is -0.471 e. The number of esters is 2. The maximum Gasteiger partial charge on any atom is 0.337 e. The molecule has 0 aromatic rings. The molecule has 0 saturated carbocycles. The summed E-state index contributed by atoms with van der Waals surface area (Å²) in [5.41, 5.74) is 0.0425. The molecule has 0 aromatic carbocycles. The van der Waals surface area contributed by atoms with E-state index in [2.05, 4.69) is 0 Å². The highest BCUT2D eigenvalue weighted by atomic mass is 16.7. The van der Waals surface area contributed by atoms with Gasteiger partial charge in [-0.1, -0.05) is 12.2 Å². The van der Waals surface area contributed by atoms with Crippen molar-refractivity contribution in [3.63, 3.8) is 0 Å². The summed E-state index contributed by atoms with van der Waals surface area (Å²) in [6, 6.07) is 0. The number of hydrogen-bond donors (Lipinski definition) is 0. The van der Waals surface area contributed by atoms with Crippen LogP contribution in [0.5, 0.6) is 0 Å². The second kappa shape index (κ2) is 3.98. The summed E-state index contributed by atoms with van der Waals surface area (Å²) < 4.78 is 21.8. The Bertz CT molecular complexity index is 630. The van der Waals surface area contributed by atoms with Crippen molar-refractivity contribution in [1.82, 2.24) is 0 Å². The number of hydrogen-bond acceptors (Lipinski definition) is 6. The topological polar surface area (TPSA) is 71.1 Å². The third-order valence-corrected chi connectivity index (χ3v) is 4.65. The second-order valence-corrected chi connectivity index (χ2v) is 5.48. The number of methoxy groups -OCH3 is 1. The van der Waals surface area contributed by atoms with Crippen LogP contribution in [0.25, 0.3) is 0 Å². The molecule has 0 N–H and O–H groups in total. The van der Waals surface area contributed by atoms with Gasteiger partial charge in [-0.15, -0.1) is 0 Å². The SMILES string of the molecule is C/C=C1/C(=O)OC23C=C[C@@H]4C(C(=O)OC)=CO[C@H](O[C@@H]12)[C@@H]43. The molecule has 5 atom stereocenters. The van der Waals surface area contributed by atoms with Gasteiger partial charge in [0.25, 0.3) is 0 Å². The molecular weight excluding hydrogens is 276 g/mol. The second-order valence-electron chi connectivity index (χ2n) is 5.48. The van der Waals surface area contributed by atoms with Crippen LogP contribution in [0.15, 0.2) is 35.6 Å². The van der Waals surface area contributed by atoms with Gasteiger partial charge in [-0.2, -0.15) is 0 Å². The van der Waals surface area contributed by atoms with Gasteiger partial charge in [0.1, 0.15) is 6.10 Å². The molecule has 4 rings (SSSR count). The van der Waals surface area contributed by atoms with Crippen molar-refractivity contribution in [2.45, 2.75) is 24.9 Å². The predicted molar refractivity (Wildman–Crippen MR) is 68.5 cm³/mol. The van der Waals surface area contributed by atoms with Crippen molar-refractivity contribution >= 4 is 11.9 Å². The van der Waals surface area contributed by atoms with Crippen LogP contribution >= 0.6 is 0 Å². The number of carbonyl (C=O) groups is 2. The first-order valence-corrected chi connectivity index (χ1v) is 6.80. The molecule has 1 unspecified atom stereocenters. The van der Waals surface area contributed by atoms with Crippen LogP contribution in [-0.4, -0.2) is 37.0 Å². The maximum absolute atomic E-state index is 12.0. The van der Waals surface area contributed by atoms with E-state index >= 15 is 0 Å². The van der Waals surface area contributed by atoms with Gasteiger partial charge < -0.3 is 18.9 Å². The fourth-order valence-electron chi connectivity index (χ4n) is 3.74. The first kappa shape index (κ1) is 12.6. The van der Waals surface area contributed by atoms with Gasteiger partial charge in [-0.25, -0.2) is 9.59 Å². The van der Waals surface area contributed by atoms with Gasteiger partial charge in [0.2, 0.25) is 6.29 Å². The third-order valence-electron chi connectivity index (χ3n) is 4.65. The maximum atomic E-state index is 12.0. The first-order chi connectivity index (χ1) is 10.1. The highest BCUT2D eigenvalue weighted by Gasteiger charge is 2.70. The zero-order valence-corrected chi connectivity index (χ0v) is 11.6. The summed E-state index contributed by atoms with van der Waals surface area (Å²) >= 11 is 0. The number of allylic oxidation sites excluding steroid dienone is 2. The molecule has 4 aliphatic rings. The normalized spacial score (nSPS) is 44.0. The predicted octanol–water partition coefficient (Wildman–Crippen LogP) is 0.842. The Morgan fingerprint density at radius 2 is 2.29 bits per heavy atom. The zero-order chi connectivity index (χ0) is 14.8. The summed E-state index contributed by atoms with van der Waals surface area (Å²) in [5.74, 6) is -1.31. The Balaban J connectivity index is 1.78. The van der Waals surface area contributed by atoms with E-state index in [4.69, 9.17) is 18.9 Å². The van der Waals surface area contributed by atoms with Gasteiger partial charge in [0, 0.05) is 5.92 Å². The van der Waals surface area contributed by atoms with Crippen LogP contribution in [0.1, 0.15) is 6.92 Å². The van der Waals surface area contributed by atoms with E-state index < -0.39 is 24.0 Å². The van der Waals surface area contributed by atoms with Gasteiger partial charge >= 0.3 is 11.9 Å². The van der Waals surface area contributed by atoms with E-state index in [-0.39, 0.29) is 17.8 Å². The average molecular weight is 290 g/mol. The van der Waals surface area contributed by atoms with Gasteiger partial charge in [0.15, 0.2) is 5.60 Å². The molecule has 6 nitrogen and oxygen atoms in total. The zero-order valence-electron chi connectivity index (χ0n) is 11.6. The Kier molecular flexibility index (Phi) is 2.39. The molecule has 1 aliphatic carbocycles. The lowest BCUT2D eigenvalue weighted by Gasteiger charge is -2.32. The molecule has 0 aromatic heterocycles. The van der Waals surface area contributed by atoms with E-state index in [1.54, 1.807) is 13.0 Å². The van der Waals surface area contributed by atoms with Crippen LogP contribution in [0, 0.1) is 11.8 Å². The van der Waals surface area contributed by atoms with E-state index in [1.807, 2.05) is 12.2 Å². The summed E-state index contributed by atoms with van der Waals surface area (Å²) in [6.45, 7) is 1.77. The van der Waals surface area contributed by atoms with E-state index in [0.29, 0.717) is 11.1 Å². The number of ether oxygens (including phenoxy) is 4. The fourth-order valence-corrected chi connectivity index (χ4v) is 3.74.